The quantitative estimate of drug-likeness (QED) is 0.645. The monoisotopic (exact) mass is 414 g/mol. The topological polar surface area (TPSA) is 68.9 Å². The van der Waals surface area contributed by atoms with Crippen LogP contribution in [-0.2, 0) is 17.8 Å². The first-order valence-corrected chi connectivity index (χ1v) is 9.85. The van der Waals surface area contributed by atoms with Crippen molar-refractivity contribution in [2.24, 2.45) is 0 Å². The Balaban J connectivity index is 1.43. The van der Waals surface area contributed by atoms with E-state index in [0.717, 1.165) is 18.4 Å². The maximum absolute atomic E-state index is 13.2. The van der Waals surface area contributed by atoms with Crippen LogP contribution in [0.15, 0.2) is 53.3 Å². The third-order valence-electron chi connectivity index (χ3n) is 4.81. The van der Waals surface area contributed by atoms with Crippen molar-refractivity contribution in [1.29, 1.82) is 0 Å². The summed E-state index contributed by atoms with van der Waals surface area (Å²) in [4.78, 5) is 24.9. The normalized spacial score (nSPS) is 13.4. The maximum atomic E-state index is 13.2. The van der Waals surface area contributed by atoms with Gasteiger partial charge in [-0.15, -0.1) is 5.10 Å². The number of carbonyl (C=O) groups excluding carboxylic acids is 1. The molecule has 0 bridgehead atoms. The highest BCUT2D eigenvalue weighted by atomic mass is 35.5. The predicted octanol–water partition coefficient (Wildman–Crippen LogP) is 3.20. The molecule has 1 amide bonds. The van der Waals surface area contributed by atoms with Crippen molar-refractivity contribution in [2.45, 2.75) is 31.8 Å². The summed E-state index contributed by atoms with van der Waals surface area (Å²) in [6.45, 7) is 0.552. The fourth-order valence-electron chi connectivity index (χ4n) is 3.17. The summed E-state index contributed by atoms with van der Waals surface area (Å²) in [6, 6.07) is 13.2. The molecule has 2 aromatic carbocycles. The molecule has 1 saturated carbocycles. The minimum atomic E-state index is -0.336. The average Bonchev–Trinajstić information content (AvgIpc) is 3.49. The largest absolute Gasteiger partial charge is 0.354 e. The van der Waals surface area contributed by atoms with E-state index in [4.69, 9.17) is 11.6 Å². The molecule has 0 radical (unpaired) electrons. The molecule has 1 aromatic heterocycles. The van der Waals surface area contributed by atoms with E-state index in [2.05, 4.69) is 10.4 Å². The Hall–Kier alpha value is -2.93. The van der Waals surface area contributed by atoms with E-state index in [1.54, 1.807) is 41.0 Å². The SMILES string of the molecule is O=C(Cc1ccc(Cl)cc1)NCCn1nc(-c2ccc(F)cc2)n(C2CC2)c1=O. The third-order valence-corrected chi connectivity index (χ3v) is 5.06. The average molecular weight is 415 g/mol. The molecule has 4 rings (SSSR count). The van der Waals surface area contributed by atoms with Crippen molar-refractivity contribution in [2.75, 3.05) is 6.54 Å². The molecule has 1 fully saturated rings. The molecule has 1 heterocycles. The lowest BCUT2D eigenvalue weighted by molar-refractivity contribution is -0.120. The lowest BCUT2D eigenvalue weighted by atomic mass is 10.1. The molecule has 6 nitrogen and oxygen atoms in total. The Morgan fingerprint density at radius 2 is 1.83 bits per heavy atom. The number of benzene rings is 2. The summed E-state index contributed by atoms with van der Waals surface area (Å²) in [7, 11) is 0. The van der Waals surface area contributed by atoms with Crippen LogP contribution in [0.1, 0.15) is 24.4 Å². The van der Waals surface area contributed by atoms with Crippen molar-refractivity contribution in [3.63, 3.8) is 0 Å². The molecule has 150 valence electrons. The highest BCUT2D eigenvalue weighted by Crippen LogP contribution is 2.36. The second kappa shape index (κ2) is 8.21. The van der Waals surface area contributed by atoms with Crippen molar-refractivity contribution >= 4 is 17.5 Å². The third kappa shape index (κ3) is 4.56. The number of aromatic nitrogens is 3. The van der Waals surface area contributed by atoms with Gasteiger partial charge < -0.3 is 5.32 Å². The van der Waals surface area contributed by atoms with Gasteiger partial charge in [0.1, 0.15) is 5.82 Å². The molecule has 29 heavy (non-hydrogen) atoms. The zero-order valence-electron chi connectivity index (χ0n) is 15.6. The van der Waals surface area contributed by atoms with Gasteiger partial charge in [0.25, 0.3) is 0 Å². The van der Waals surface area contributed by atoms with Crippen molar-refractivity contribution < 1.29 is 9.18 Å². The summed E-state index contributed by atoms with van der Waals surface area (Å²) in [5, 5.41) is 7.87. The number of halogens is 2. The van der Waals surface area contributed by atoms with Crippen LogP contribution in [0.4, 0.5) is 4.39 Å². The predicted molar refractivity (Wildman–Crippen MR) is 108 cm³/mol. The number of hydrogen-bond donors (Lipinski definition) is 1. The van der Waals surface area contributed by atoms with Crippen LogP contribution in [0, 0.1) is 5.82 Å². The van der Waals surface area contributed by atoms with Crippen molar-refractivity contribution in [1.82, 2.24) is 19.7 Å². The Kier molecular flexibility index (Phi) is 5.49. The van der Waals surface area contributed by atoms with E-state index in [0.29, 0.717) is 16.4 Å². The number of hydrogen-bond acceptors (Lipinski definition) is 3. The highest BCUT2D eigenvalue weighted by Gasteiger charge is 2.30. The summed E-state index contributed by atoms with van der Waals surface area (Å²) < 4.78 is 16.3. The Bertz CT molecular complexity index is 1070. The van der Waals surface area contributed by atoms with Gasteiger partial charge in [-0.3, -0.25) is 9.36 Å². The molecule has 1 aliphatic carbocycles. The lowest BCUT2D eigenvalue weighted by Gasteiger charge is -2.05. The number of carbonyl (C=O) groups is 1. The van der Waals surface area contributed by atoms with Gasteiger partial charge in [0.15, 0.2) is 5.82 Å². The molecule has 0 spiro atoms. The Morgan fingerprint density at radius 1 is 1.14 bits per heavy atom. The van der Waals surface area contributed by atoms with Gasteiger partial charge >= 0.3 is 5.69 Å². The van der Waals surface area contributed by atoms with Gasteiger partial charge in [0.05, 0.1) is 13.0 Å². The first kappa shape index (κ1) is 19.4. The van der Waals surface area contributed by atoms with E-state index in [1.807, 2.05) is 0 Å². The van der Waals surface area contributed by atoms with E-state index >= 15 is 0 Å². The number of nitrogens with one attached hydrogen (secondary N) is 1. The molecule has 8 heteroatoms. The fraction of sp³-hybridized carbons (Fsp3) is 0.286. The first-order valence-electron chi connectivity index (χ1n) is 9.47. The van der Waals surface area contributed by atoms with Crippen LogP contribution < -0.4 is 11.0 Å². The van der Waals surface area contributed by atoms with Crippen LogP contribution in [0.5, 0.6) is 0 Å². The number of amides is 1. The van der Waals surface area contributed by atoms with Gasteiger partial charge in [-0.05, 0) is 54.8 Å². The molecule has 0 saturated heterocycles. The summed E-state index contributed by atoms with van der Waals surface area (Å²) in [5.74, 6) is 0.0580. The van der Waals surface area contributed by atoms with Gasteiger partial charge in [0.2, 0.25) is 5.91 Å². The summed E-state index contributed by atoms with van der Waals surface area (Å²) in [5.41, 5.74) is 1.35. The molecule has 1 N–H and O–H groups in total. The minimum absolute atomic E-state index is 0.135. The van der Waals surface area contributed by atoms with Crippen LogP contribution in [0.25, 0.3) is 11.4 Å². The Labute approximate surface area is 171 Å². The molecule has 0 unspecified atom stereocenters. The van der Waals surface area contributed by atoms with Crippen LogP contribution in [-0.4, -0.2) is 26.8 Å². The lowest BCUT2D eigenvalue weighted by Crippen LogP contribution is -2.32. The van der Waals surface area contributed by atoms with E-state index in [9.17, 15) is 14.0 Å². The molecular formula is C21H20ClFN4O2. The van der Waals surface area contributed by atoms with Gasteiger partial charge in [-0.25, -0.2) is 13.9 Å². The van der Waals surface area contributed by atoms with E-state index in [-0.39, 0.29) is 43.0 Å². The van der Waals surface area contributed by atoms with Crippen LogP contribution in [0.2, 0.25) is 5.02 Å². The van der Waals surface area contributed by atoms with Crippen molar-refractivity contribution in [3.05, 3.63) is 75.4 Å². The molecular weight excluding hydrogens is 395 g/mol. The Morgan fingerprint density at radius 3 is 2.48 bits per heavy atom. The van der Waals surface area contributed by atoms with Crippen molar-refractivity contribution in [3.8, 4) is 11.4 Å². The standard InChI is InChI=1S/C21H20ClFN4O2/c22-16-5-1-14(2-6-16)13-19(28)24-11-12-26-21(29)27(18-9-10-18)20(25-26)15-3-7-17(23)8-4-15/h1-8,18H,9-13H2,(H,24,28). The molecule has 0 atom stereocenters. The fourth-order valence-corrected chi connectivity index (χ4v) is 3.30. The first-order chi connectivity index (χ1) is 14.0. The van der Waals surface area contributed by atoms with Gasteiger partial charge in [-0.2, -0.15) is 0 Å². The molecule has 0 aliphatic heterocycles. The maximum Gasteiger partial charge on any atom is 0.346 e. The number of nitrogens with zero attached hydrogens (tertiary/aromatic N) is 3. The summed E-state index contributed by atoms with van der Waals surface area (Å²) in [6.07, 6.45) is 2.10. The molecule has 1 aliphatic rings. The van der Waals surface area contributed by atoms with Gasteiger partial charge in [-0.1, -0.05) is 23.7 Å². The minimum Gasteiger partial charge on any atom is -0.354 e. The van der Waals surface area contributed by atoms with Crippen LogP contribution >= 0.6 is 11.6 Å². The van der Waals surface area contributed by atoms with E-state index < -0.39 is 0 Å². The van der Waals surface area contributed by atoms with E-state index in [1.165, 1.54) is 16.8 Å². The second-order valence-corrected chi connectivity index (χ2v) is 7.53. The smallest absolute Gasteiger partial charge is 0.346 e. The zero-order valence-corrected chi connectivity index (χ0v) is 16.4. The zero-order chi connectivity index (χ0) is 20.4. The van der Waals surface area contributed by atoms with Crippen LogP contribution in [0.3, 0.4) is 0 Å². The number of rotatable bonds is 7. The highest BCUT2D eigenvalue weighted by molar-refractivity contribution is 6.30. The second-order valence-electron chi connectivity index (χ2n) is 7.09. The summed E-state index contributed by atoms with van der Waals surface area (Å²) >= 11 is 5.85. The van der Waals surface area contributed by atoms with Gasteiger partial charge in [0, 0.05) is 23.2 Å². The molecule has 3 aromatic rings.